The summed E-state index contributed by atoms with van der Waals surface area (Å²) in [6.45, 7) is 3.79. The van der Waals surface area contributed by atoms with Gasteiger partial charge in [0.05, 0.1) is 0 Å². The second kappa shape index (κ2) is 7.42. The Labute approximate surface area is 147 Å². The van der Waals surface area contributed by atoms with Gasteiger partial charge in [-0.3, -0.25) is 0 Å². The molecule has 0 amide bonds. The zero-order valence-electron chi connectivity index (χ0n) is 14.1. The third-order valence-corrected chi connectivity index (χ3v) is 4.93. The molecule has 0 aliphatic carbocycles. The fourth-order valence-corrected chi connectivity index (χ4v) is 3.66. The molecule has 2 heterocycles. The fraction of sp³-hybridized carbons (Fsp3) is 0.400. The van der Waals surface area contributed by atoms with Gasteiger partial charge in [-0.1, -0.05) is 18.2 Å². The largest absolute Gasteiger partial charge is 0.486 e. The van der Waals surface area contributed by atoms with E-state index in [1.165, 1.54) is 6.07 Å². The monoisotopic (exact) mass is 342 g/mol. The number of ether oxygens (including phenoxy) is 2. The highest BCUT2D eigenvalue weighted by molar-refractivity contribution is 5.43. The number of rotatable bonds is 4. The molecule has 4 nitrogen and oxygen atoms in total. The summed E-state index contributed by atoms with van der Waals surface area (Å²) in [6, 6.07) is 13.3. The average Bonchev–Trinajstić information content (AvgIpc) is 2.66. The predicted molar refractivity (Wildman–Crippen MR) is 94.7 cm³/mol. The van der Waals surface area contributed by atoms with Crippen molar-refractivity contribution in [3.8, 4) is 11.5 Å². The summed E-state index contributed by atoms with van der Waals surface area (Å²) in [5.41, 5.74) is 2.23. The minimum Gasteiger partial charge on any atom is -0.486 e. The minimum absolute atomic E-state index is 0.165. The smallest absolute Gasteiger partial charge is 0.161 e. The van der Waals surface area contributed by atoms with E-state index >= 15 is 0 Å². The van der Waals surface area contributed by atoms with Crippen LogP contribution < -0.4 is 20.1 Å². The van der Waals surface area contributed by atoms with Crippen molar-refractivity contribution in [2.24, 2.45) is 0 Å². The van der Waals surface area contributed by atoms with Gasteiger partial charge in [0.1, 0.15) is 19.0 Å². The summed E-state index contributed by atoms with van der Waals surface area (Å²) < 4.78 is 24.8. The Bertz CT molecular complexity index is 737. The van der Waals surface area contributed by atoms with Crippen LogP contribution in [0.15, 0.2) is 42.5 Å². The number of hydrogen-bond acceptors (Lipinski definition) is 4. The standard InChI is InChI=1S/C20H23FN2O2/c21-16-3-1-2-15(11-16)17-6-7-22-13-18(17)23-12-14-4-5-19-20(10-14)25-9-8-24-19/h1-5,10-11,17-18,22-23H,6-9,12-13H2/t17-,18-/m0/s1. The molecule has 2 atom stereocenters. The van der Waals surface area contributed by atoms with Crippen LogP contribution in [0.3, 0.4) is 0 Å². The van der Waals surface area contributed by atoms with E-state index in [-0.39, 0.29) is 11.9 Å². The second-order valence-corrected chi connectivity index (χ2v) is 6.62. The lowest BCUT2D eigenvalue weighted by molar-refractivity contribution is 0.171. The Morgan fingerprint density at radius 1 is 1.08 bits per heavy atom. The van der Waals surface area contributed by atoms with Crippen LogP contribution in [-0.4, -0.2) is 32.3 Å². The van der Waals surface area contributed by atoms with Crippen LogP contribution in [0.4, 0.5) is 4.39 Å². The van der Waals surface area contributed by atoms with E-state index in [1.54, 1.807) is 12.1 Å². The summed E-state index contributed by atoms with van der Waals surface area (Å²) in [7, 11) is 0. The van der Waals surface area contributed by atoms with Crippen LogP contribution in [0, 0.1) is 5.82 Å². The molecule has 5 heteroatoms. The van der Waals surface area contributed by atoms with E-state index in [4.69, 9.17) is 9.47 Å². The van der Waals surface area contributed by atoms with Crippen molar-refractivity contribution < 1.29 is 13.9 Å². The summed E-state index contributed by atoms with van der Waals surface area (Å²) in [5, 5.41) is 7.07. The molecule has 2 N–H and O–H groups in total. The molecule has 2 aromatic rings. The highest BCUT2D eigenvalue weighted by atomic mass is 19.1. The van der Waals surface area contributed by atoms with Crippen LogP contribution in [0.1, 0.15) is 23.5 Å². The number of nitrogens with one attached hydrogen (secondary N) is 2. The van der Waals surface area contributed by atoms with E-state index in [2.05, 4.69) is 16.7 Å². The molecule has 0 saturated carbocycles. The molecule has 0 aromatic heterocycles. The lowest BCUT2D eigenvalue weighted by atomic mass is 9.86. The average molecular weight is 342 g/mol. The number of benzene rings is 2. The SMILES string of the molecule is Fc1cccc([C@@H]2CCNC[C@@H]2NCc2ccc3c(c2)OCCO3)c1. The summed E-state index contributed by atoms with van der Waals surface area (Å²) >= 11 is 0. The molecule has 132 valence electrons. The van der Waals surface area contributed by atoms with Gasteiger partial charge in [0.15, 0.2) is 11.5 Å². The van der Waals surface area contributed by atoms with Gasteiger partial charge in [-0.2, -0.15) is 0 Å². The fourth-order valence-electron chi connectivity index (χ4n) is 3.66. The highest BCUT2D eigenvalue weighted by Gasteiger charge is 2.26. The topological polar surface area (TPSA) is 42.5 Å². The van der Waals surface area contributed by atoms with E-state index in [9.17, 15) is 4.39 Å². The lowest BCUT2D eigenvalue weighted by Crippen LogP contribution is -2.47. The molecular formula is C20H23FN2O2. The molecule has 25 heavy (non-hydrogen) atoms. The van der Waals surface area contributed by atoms with Gasteiger partial charge in [0, 0.05) is 25.0 Å². The van der Waals surface area contributed by atoms with Gasteiger partial charge in [0.2, 0.25) is 0 Å². The Morgan fingerprint density at radius 2 is 1.96 bits per heavy atom. The molecule has 0 bridgehead atoms. The number of hydrogen-bond donors (Lipinski definition) is 2. The molecule has 0 radical (unpaired) electrons. The Balaban J connectivity index is 1.45. The third-order valence-electron chi connectivity index (χ3n) is 4.93. The quantitative estimate of drug-likeness (QED) is 0.897. The predicted octanol–water partition coefficient (Wildman–Crippen LogP) is 2.83. The van der Waals surface area contributed by atoms with E-state index in [1.807, 2.05) is 18.2 Å². The maximum Gasteiger partial charge on any atom is 0.161 e. The zero-order chi connectivity index (χ0) is 17.1. The molecule has 2 aromatic carbocycles. The lowest BCUT2D eigenvalue weighted by Gasteiger charge is -2.33. The van der Waals surface area contributed by atoms with E-state index in [0.717, 1.165) is 48.7 Å². The van der Waals surface area contributed by atoms with E-state index < -0.39 is 0 Å². The highest BCUT2D eigenvalue weighted by Crippen LogP contribution is 2.31. The maximum absolute atomic E-state index is 13.6. The van der Waals surface area contributed by atoms with Gasteiger partial charge in [-0.15, -0.1) is 0 Å². The first-order valence-corrected chi connectivity index (χ1v) is 8.88. The number of halogens is 1. The van der Waals surface area contributed by atoms with Crippen molar-refractivity contribution in [2.45, 2.75) is 24.9 Å². The number of piperidine rings is 1. The number of fused-ring (bicyclic) bond motifs is 1. The van der Waals surface area contributed by atoms with Crippen LogP contribution in [0.25, 0.3) is 0 Å². The van der Waals surface area contributed by atoms with Gasteiger partial charge in [0.25, 0.3) is 0 Å². The molecular weight excluding hydrogens is 319 g/mol. The van der Waals surface area contributed by atoms with Gasteiger partial charge < -0.3 is 20.1 Å². The molecule has 0 unspecified atom stereocenters. The molecule has 2 aliphatic heterocycles. The van der Waals surface area contributed by atoms with Crippen molar-refractivity contribution >= 4 is 0 Å². The Hall–Kier alpha value is -2.11. The summed E-state index contributed by atoms with van der Waals surface area (Å²) in [4.78, 5) is 0. The molecule has 2 aliphatic rings. The van der Waals surface area contributed by atoms with Crippen molar-refractivity contribution in [2.75, 3.05) is 26.3 Å². The van der Waals surface area contributed by atoms with Gasteiger partial charge >= 0.3 is 0 Å². The van der Waals surface area contributed by atoms with Crippen molar-refractivity contribution in [1.29, 1.82) is 0 Å². The van der Waals surface area contributed by atoms with Crippen molar-refractivity contribution in [1.82, 2.24) is 10.6 Å². The molecule has 1 fully saturated rings. The molecule has 1 saturated heterocycles. The zero-order valence-corrected chi connectivity index (χ0v) is 14.1. The Kier molecular flexibility index (Phi) is 4.85. The summed E-state index contributed by atoms with van der Waals surface area (Å²) in [6.07, 6.45) is 1.00. The first-order valence-electron chi connectivity index (χ1n) is 8.88. The molecule has 0 spiro atoms. The van der Waals surface area contributed by atoms with E-state index in [0.29, 0.717) is 19.1 Å². The second-order valence-electron chi connectivity index (χ2n) is 6.62. The maximum atomic E-state index is 13.6. The first kappa shape index (κ1) is 16.4. The van der Waals surface area contributed by atoms with Crippen LogP contribution >= 0.6 is 0 Å². The first-order chi connectivity index (χ1) is 12.3. The van der Waals surface area contributed by atoms with Gasteiger partial charge in [-0.05, 0) is 48.4 Å². The van der Waals surface area contributed by atoms with Crippen LogP contribution in [0.5, 0.6) is 11.5 Å². The van der Waals surface area contributed by atoms with Crippen molar-refractivity contribution in [3.05, 3.63) is 59.4 Å². The normalized spacial score (nSPS) is 22.6. The summed E-state index contributed by atoms with van der Waals surface area (Å²) in [5.74, 6) is 1.77. The van der Waals surface area contributed by atoms with Crippen LogP contribution in [-0.2, 0) is 6.54 Å². The minimum atomic E-state index is -0.165. The van der Waals surface area contributed by atoms with Crippen molar-refractivity contribution in [3.63, 3.8) is 0 Å². The molecule has 4 rings (SSSR count). The van der Waals surface area contributed by atoms with Gasteiger partial charge in [-0.25, -0.2) is 4.39 Å². The third kappa shape index (κ3) is 3.78. The Morgan fingerprint density at radius 3 is 2.84 bits per heavy atom. The van der Waals surface area contributed by atoms with Crippen LogP contribution in [0.2, 0.25) is 0 Å².